The van der Waals surface area contributed by atoms with E-state index in [-0.39, 0.29) is 37.2 Å². The van der Waals surface area contributed by atoms with Crippen molar-refractivity contribution in [1.29, 1.82) is 0 Å². The van der Waals surface area contributed by atoms with Gasteiger partial charge in [0.25, 0.3) is 0 Å². The molecule has 0 spiro atoms. The van der Waals surface area contributed by atoms with Crippen molar-refractivity contribution in [2.75, 3.05) is 55.6 Å². The molecule has 2 N–H and O–H groups in total. The van der Waals surface area contributed by atoms with Crippen LogP contribution in [0.4, 0.5) is 0 Å². The summed E-state index contributed by atoms with van der Waals surface area (Å²) in [6.45, 7) is 20.3. The number of aliphatic hydroxyl groups excluding tert-OH is 1. The number of likely N-dealkylation sites (N-methyl/N-ethyl adjacent to an activating group) is 1. The number of hydrogen-bond donors (Lipinski definition) is 2. The molecule has 0 bridgehead atoms. The van der Waals surface area contributed by atoms with E-state index in [1.165, 1.54) is 21.0 Å². The van der Waals surface area contributed by atoms with Gasteiger partial charge in [-0.05, 0) is 102 Å². The van der Waals surface area contributed by atoms with Gasteiger partial charge in [-0.15, -0.1) is 0 Å². The number of cyclic esters (lactones) is 1. The lowest BCUT2D eigenvalue weighted by Crippen LogP contribution is -2.62. The number of hydrogen-bond acceptors (Lipinski definition) is 16. The summed E-state index contributed by atoms with van der Waals surface area (Å²) in [6, 6.07) is -0.273. The molecule has 3 heterocycles. The predicted molar refractivity (Wildman–Crippen MR) is 227 cm³/mol. The first-order chi connectivity index (χ1) is 28.3. The molecule has 3 fully saturated rings. The van der Waals surface area contributed by atoms with Crippen molar-refractivity contribution in [3.05, 3.63) is 0 Å². The maximum Gasteiger partial charge on any atom is 0.311 e. The second kappa shape index (κ2) is 22.4. The third kappa shape index (κ3) is 12.9. The Morgan fingerprint density at radius 3 is 2.02 bits per heavy atom. The van der Waals surface area contributed by atoms with E-state index < -0.39 is 108 Å². The Morgan fingerprint density at radius 1 is 0.869 bits per heavy atom. The molecule has 8 unspecified atom stereocenters. The van der Waals surface area contributed by atoms with Crippen molar-refractivity contribution in [3.8, 4) is 0 Å². The van der Waals surface area contributed by atoms with Crippen LogP contribution in [0.25, 0.3) is 0 Å². The lowest BCUT2D eigenvalue weighted by atomic mass is 9.74. The van der Waals surface area contributed by atoms with Crippen molar-refractivity contribution < 1.29 is 67.2 Å². The maximum atomic E-state index is 14.5. The first-order valence-corrected chi connectivity index (χ1v) is 22.2. The average molecular weight is 875 g/mol. The topological polar surface area (TPSA) is 181 Å². The Morgan fingerprint density at radius 2 is 1.48 bits per heavy atom. The highest BCUT2D eigenvalue weighted by molar-refractivity contribution is 5.83. The Balaban J connectivity index is 2.23. The minimum atomic E-state index is -1.98. The zero-order chi connectivity index (χ0) is 46.4. The lowest BCUT2D eigenvalue weighted by molar-refractivity contribution is -0.322. The van der Waals surface area contributed by atoms with E-state index in [2.05, 4.69) is 4.90 Å². The number of carbonyl (C=O) groups is 3. The Bertz CT molecular complexity index is 1420. The normalized spacial score (nSPS) is 43.5. The van der Waals surface area contributed by atoms with Gasteiger partial charge in [0.2, 0.25) is 0 Å². The quantitative estimate of drug-likeness (QED) is 0.189. The highest BCUT2D eigenvalue weighted by atomic mass is 16.7. The van der Waals surface area contributed by atoms with Gasteiger partial charge in [-0.2, -0.15) is 0 Å². The zero-order valence-corrected chi connectivity index (χ0v) is 40.3. The summed E-state index contributed by atoms with van der Waals surface area (Å²) in [5, 5.41) is 23.4. The van der Waals surface area contributed by atoms with Crippen LogP contribution in [0.5, 0.6) is 0 Å². The smallest absolute Gasteiger partial charge is 0.311 e. The summed E-state index contributed by atoms with van der Waals surface area (Å²) in [4.78, 5) is 45.4. The number of aliphatic hydroxyl groups is 2. The average Bonchev–Trinajstić information content (AvgIpc) is 3.18. The van der Waals surface area contributed by atoms with Gasteiger partial charge in [-0.3, -0.25) is 14.4 Å². The molecule has 0 amide bonds. The van der Waals surface area contributed by atoms with Crippen molar-refractivity contribution in [2.24, 2.45) is 23.7 Å². The van der Waals surface area contributed by atoms with Crippen molar-refractivity contribution in [3.63, 3.8) is 0 Å². The van der Waals surface area contributed by atoms with Gasteiger partial charge >= 0.3 is 11.9 Å². The summed E-state index contributed by atoms with van der Waals surface area (Å²) in [5.41, 5.74) is -4.10. The third-order valence-corrected chi connectivity index (χ3v) is 13.6. The zero-order valence-electron chi connectivity index (χ0n) is 40.3. The van der Waals surface area contributed by atoms with Crippen molar-refractivity contribution in [1.82, 2.24) is 9.80 Å². The number of rotatable bonds is 14. The number of ketones is 1. The summed E-state index contributed by atoms with van der Waals surface area (Å²) in [7, 11) is 11.0. The highest BCUT2D eigenvalue weighted by Crippen LogP contribution is 2.42. The fourth-order valence-corrected chi connectivity index (χ4v) is 9.78. The first-order valence-electron chi connectivity index (χ1n) is 22.2. The molecular weight excluding hydrogens is 792 g/mol. The minimum absolute atomic E-state index is 0.0997. The van der Waals surface area contributed by atoms with Gasteiger partial charge < -0.3 is 62.6 Å². The monoisotopic (exact) mass is 875 g/mol. The largest absolute Gasteiger partial charge is 0.459 e. The van der Waals surface area contributed by atoms with E-state index in [1.54, 1.807) is 34.8 Å². The molecule has 356 valence electrons. The number of methoxy groups -OCH3 is 2. The van der Waals surface area contributed by atoms with Crippen LogP contribution in [-0.4, -0.2) is 178 Å². The molecule has 0 saturated carbocycles. The third-order valence-electron chi connectivity index (χ3n) is 13.6. The minimum Gasteiger partial charge on any atom is -0.459 e. The van der Waals surface area contributed by atoms with Crippen LogP contribution >= 0.6 is 0 Å². The van der Waals surface area contributed by atoms with Crippen molar-refractivity contribution in [2.45, 2.75) is 193 Å². The van der Waals surface area contributed by atoms with Gasteiger partial charge in [0.15, 0.2) is 18.7 Å². The standard InChI is InChI=1S/C45H82N2O14/c1-18-33-45(11,52)38(50)27(4)35(49)25(2)23-43(9,53-16)39(61-42-37(58-31(8)48)32(47(14)15)22-26(3)56-42)28(5)36(29(6)41(51)59-33)60-34-24-44(10,54-17)40(30(7)57-34)55-21-19-20-46(12)13/h25-30,32-34,36-40,42,50,52H,18-24H2,1-17H3/t25-,26?,27+,28+,29-,30?,32?,33-,34?,36+,37?,38-,39-,40?,42?,43-,44?,45-/m1/s1. The van der Waals surface area contributed by atoms with E-state index >= 15 is 0 Å². The van der Waals surface area contributed by atoms with Gasteiger partial charge in [0, 0.05) is 51.9 Å². The van der Waals surface area contributed by atoms with Crippen LogP contribution in [-0.2, 0) is 57.0 Å². The molecule has 16 nitrogen and oxygen atoms in total. The summed E-state index contributed by atoms with van der Waals surface area (Å²) in [5.74, 6) is -5.02. The second-order valence-electron chi connectivity index (χ2n) is 19.2. The fourth-order valence-electron chi connectivity index (χ4n) is 9.78. The molecule has 0 aromatic rings. The first kappa shape index (κ1) is 53.5. The lowest BCUT2D eigenvalue weighted by Gasteiger charge is -2.50. The Labute approximate surface area is 365 Å². The van der Waals surface area contributed by atoms with Crippen LogP contribution in [0, 0.1) is 23.7 Å². The number of Topliss-reactive ketones (excluding diaryl/α,β-unsaturated/α-hetero) is 1. The van der Waals surface area contributed by atoms with E-state index in [0.717, 1.165) is 13.0 Å². The summed E-state index contributed by atoms with van der Waals surface area (Å²) >= 11 is 0. The van der Waals surface area contributed by atoms with Crippen LogP contribution in [0.3, 0.4) is 0 Å². The van der Waals surface area contributed by atoms with Gasteiger partial charge in [0.05, 0.1) is 53.7 Å². The van der Waals surface area contributed by atoms with Gasteiger partial charge in [0.1, 0.15) is 23.6 Å². The molecule has 3 aliphatic rings. The molecule has 0 aromatic carbocycles. The number of ether oxygens (including phenoxy) is 9. The predicted octanol–water partition coefficient (Wildman–Crippen LogP) is 3.99. The highest BCUT2D eigenvalue weighted by Gasteiger charge is 2.55. The van der Waals surface area contributed by atoms with E-state index in [4.69, 9.17) is 42.6 Å². The Kier molecular flexibility index (Phi) is 19.6. The molecule has 3 saturated heterocycles. The second-order valence-corrected chi connectivity index (χ2v) is 19.2. The molecular formula is C45H82N2O14. The van der Waals surface area contributed by atoms with E-state index in [0.29, 0.717) is 13.0 Å². The molecule has 16 heteroatoms. The van der Waals surface area contributed by atoms with Crippen LogP contribution in [0.15, 0.2) is 0 Å². The molecule has 0 aliphatic carbocycles. The number of nitrogens with zero attached hydrogens (tertiary/aromatic N) is 2. The molecule has 3 aliphatic heterocycles. The summed E-state index contributed by atoms with van der Waals surface area (Å²) in [6.07, 6.45) is -6.91. The van der Waals surface area contributed by atoms with E-state index in [9.17, 15) is 24.6 Å². The SMILES string of the molecule is CC[C@H]1OC(=O)[C@H](C)[C@@H](OC2CC(C)(OC)C(OCCCN(C)C)C(C)O2)[C@H](C)[C@@H](OC2OC(C)CC(N(C)C)C2OC(C)=O)[C@](C)(OC)C[C@@H](C)C(=O)[C@H](C)[C@@H](O)[C@]1(C)O. The van der Waals surface area contributed by atoms with Crippen LogP contribution < -0.4 is 0 Å². The van der Waals surface area contributed by atoms with Crippen molar-refractivity contribution >= 4 is 17.7 Å². The number of carbonyl (C=O) groups excluding carboxylic acids is 3. The van der Waals surface area contributed by atoms with E-state index in [1.807, 2.05) is 67.7 Å². The molecule has 0 radical (unpaired) electrons. The van der Waals surface area contributed by atoms with Crippen LogP contribution in [0.1, 0.15) is 108 Å². The Hall–Kier alpha value is -1.83. The van der Waals surface area contributed by atoms with Gasteiger partial charge in [-0.25, -0.2) is 0 Å². The number of esters is 2. The van der Waals surface area contributed by atoms with Gasteiger partial charge in [-0.1, -0.05) is 27.7 Å². The summed E-state index contributed by atoms with van der Waals surface area (Å²) < 4.78 is 58.0. The van der Waals surface area contributed by atoms with Crippen LogP contribution in [0.2, 0.25) is 0 Å². The maximum absolute atomic E-state index is 14.5. The molecule has 18 atom stereocenters. The molecule has 0 aromatic heterocycles. The molecule has 3 rings (SSSR count). The molecule has 61 heavy (non-hydrogen) atoms. The fraction of sp³-hybridized carbons (Fsp3) is 0.933.